The second kappa shape index (κ2) is 14.7. The van der Waals surface area contributed by atoms with Gasteiger partial charge in [-0.25, -0.2) is 0 Å². The molecule has 1 atom stereocenters. The average Bonchev–Trinajstić information content (AvgIpc) is 2.86. The number of nitro benzene ring substituents is 2. The molecule has 0 radical (unpaired) electrons. The Balaban J connectivity index is 2.38. The molecule has 0 saturated carbocycles. The van der Waals surface area contributed by atoms with Crippen molar-refractivity contribution in [2.75, 3.05) is 43.1 Å². The van der Waals surface area contributed by atoms with E-state index in [2.05, 4.69) is 15.5 Å². The monoisotopic (exact) mass is 532 g/mol. The van der Waals surface area contributed by atoms with Crippen molar-refractivity contribution in [3.63, 3.8) is 0 Å². The van der Waals surface area contributed by atoms with Crippen LogP contribution >= 0.6 is 0 Å². The Kier molecular flexibility index (Phi) is 11.7. The minimum absolute atomic E-state index is 0.0451. The first-order chi connectivity index (χ1) is 18.0. The SMILES string of the molecule is CC(=O)Nc1cc(N(CCOC(C)C)CCOC(C)CO)ccc1N=Nc1ccc([N+](=O)[O-])cc1[N+](=O)[O-]. The van der Waals surface area contributed by atoms with Crippen LogP contribution in [-0.4, -0.2) is 66.0 Å². The van der Waals surface area contributed by atoms with E-state index >= 15 is 0 Å². The molecule has 0 fully saturated rings. The first-order valence-electron chi connectivity index (χ1n) is 11.9. The lowest BCUT2D eigenvalue weighted by Crippen LogP contribution is -2.32. The van der Waals surface area contributed by atoms with Crippen LogP contribution in [0, 0.1) is 20.2 Å². The maximum absolute atomic E-state index is 11.9. The smallest absolute Gasteiger partial charge is 0.303 e. The van der Waals surface area contributed by atoms with Crippen LogP contribution in [0.1, 0.15) is 27.7 Å². The highest BCUT2D eigenvalue weighted by Gasteiger charge is 2.20. The summed E-state index contributed by atoms with van der Waals surface area (Å²) < 4.78 is 11.3. The van der Waals surface area contributed by atoms with E-state index in [9.17, 15) is 30.1 Å². The van der Waals surface area contributed by atoms with Gasteiger partial charge in [-0.1, -0.05) is 0 Å². The number of azo groups is 1. The van der Waals surface area contributed by atoms with Crippen molar-refractivity contribution >= 4 is 40.0 Å². The molecule has 0 aliphatic heterocycles. The van der Waals surface area contributed by atoms with Gasteiger partial charge in [-0.05, 0) is 45.0 Å². The van der Waals surface area contributed by atoms with Crippen molar-refractivity contribution in [2.45, 2.75) is 39.9 Å². The first-order valence-corrected chi connectivity index (χ1v) is 11.9. The number of nitrogens with zero attached hydrogens (tertiary/aromatic N) is 5. The van der Waals surface area contributed by atoms with Crippen molar-refractivity contribution in [1.29, 1.82) is 0 Å². The molecule has 38 heavy (non-hydrogen) atoms. The van der Waals surface area contributed by atoms with Gasteiger partial charge in [0.25, 0.3) is 5.69 Å². The topological polar surface area (TPSA) is 182 Å². The summed E-state index contributed by atoms with van der Waals surface area (Å²) >= 11 is 0. The van der Waals surface area contributed by atoms with Crippen molar-refractivity contribution in [2.24, 2.45) is 10.2 Å². The number of amides is 1. The average molecular weight is 533 g/mol. The summed E-state index contributed by atoms with van der Waals surface area (Å²) in [5.74, 6) is -0.366. The lowest BCUT2D eigenvalue weighted by molar-refractivity contribution is -0.393. The highest BCUT2D eigenvalue weighted by atomic mass is 16.6. The summed E-state index contributed by atoms with van der Waals surface area (Å²) in [6.07, 6.45) is -0.270. The highest BCUT2D eigenvalue weighted by Crippen LogP contribution is 2.35. The minimum Gasteiger partial charge on any atom is -0.394 e. The summed E-state index contributed by atoms with van der Waals surface area (Å²) in [6, 6.07) is 8.06. The van der Waals surface area contributed by atoms with Crippen LogP contribution in [0.4, 0.5) is 34.1 Å². The number of nitro groups is 2. The van der Waals surface area contributed by atoms with Gasteiger partial charge in [0.2, 0.25) is 5.91 Å². The zero-order valence-electron chi connectivity index (χ0n) is 21.7. The Labute approximate surface area is 219 Å². The molecule has 2 aromatic rings. The highest BCUT2D eigenvalue weighted by molar-refractivity contribution is 5.93. The molecule has 206 valence electrons. The molecular formula is C24H32N6O8. The first kappa shape index (κ1) is 30.2. The number of non-ortho nitro benzene ring substituents is 1. The number of carbonyl (C=O) groups is 1. The summed E-state index contributed by atoms with van der Waals surface area (Å²) in [4.78, 5) is 34.7. The van der Waals surface area contributed by atoms with E-state index < -0.39 is 21.2 Å². The molecule has 0 aromatic heterocycles. The van der Waals surface area contributed by atoms with E-state index in [-0.39, 0.29) is 36.1 Å². The van der Waals surface area contributed by atoms with Crippen molar-refractivity contribution in [3.05, 3.63) is 56.6 Å². The Hall–Kier alpha value is -4.01. The van der Waals surface area contributed by atoms with Crippen LogP contribution in [0.5, 0.6) is 0 Å². The van der Waals surface area contributed by atoms with Crippen LogP contribution in [0.15, 0.2) is 46.6 Å². The fourth-order valence-electron chi connectivity index (χ4n) is 3.25. The lowest BCUT2D eigenvalue weighted by Gasteiger charge is -2.26. The molecule has 0 spiro atoms. The maximum atomic E-state index is 11.9. The zero-order valence-corrected chi connectivity index (χ0v) is 21.7. The van der Waals surface area contributed by atoms with E-state index in [4.69, 9.17) is 9.47 Å². The third kappa shape index (κ3) is 9.46. The summed E-state index contributed by atoms with van der Waals surface area (Å²) in [5, 5.41) is 42.3. The Morgan fingerprint density at radius 3 is 2.21 bits per heavy atom. The standard InChI is InChI=1S/C24H32N6O8/c1-16(2)37-11-9-28(10-12-38-17(3)15-31)19-5-7-21(23(13-19)25-18(4)32)26-27-22-8-6-20(29(33)34)14-24(22)30(35)36/h5-8,13-14,16-17,31H,9-12,15H2,1-4H3,(H,25,32). The van der Waals surface area contributed by atoms with Gasteiger partial charge in [0.15, 0.2) is 5.69 Å². The maximum Gasteiger partial charge on any atom is 0.303 e. The third-order valence-corrected chi connectivity index (χ3v) is 5.12. The normalized spacial score (nSPS) is 12.1. The van der Waals surface area contributed by atoms with E-state index in [1.54, 1.807) is 25.1 Å². The fourth-order valence-corrected chi connectivity index (χ4v) is 3.25. The van der Waals surface area contributed by atoms with Gasteiger partial charge in [-0.15, -0.1) is 10.2 Å². The summed E-state index contributed by atoms with van der Waals surface area (Å²) in [6.45, 7) is 8.61. The second-order valence-electron chi connectivity index (χ2n) is 8.54. The van der Waals surface area contributed by atoms with Gasteiger partial charge >= 0.3 is 5.69 Å². The number of nitrogens with one attached hydrogen (secondary N) is 1. The molecule has 14 heteroatoms. The van der Waals surface area contributed by atoms with E-state index in [1.807, 2.05) is 18.7 Å². The number of aliphatic hydroxyl groups excluding tert-OH is 1. The molecule has 0 saturated heterocycles. The van der Waals surface area contributed by atoms with E-state index in [0.717, 1.165) is 23.9 Å². The lowest BCUT2D eigenvalue weighted by atomic mass is 10.2. The number of rotatable bonds is 15. The molecule has 2 N–H and O–H groups in total. The molecule has 2 aromatic carbocycles. The second-order valence-corrected chi connectivity index (χ2v) is 8.54. The number of aliphatic hydroxyl groups is 1. The van der Waals surface area contributed by atoms with Crippen LogP contribution in [0.25, 0.3) is 0 Å². The van der Waals surface area contributed by atoms with E-state index in [1.165, 1.54) is 6.92 Å². The van der Waals surface area contributed by atoms with Gasteiger partial charge in [0.1, 0.15) is 5.69 Å². The van der Waals surface area contributed by atoms with Crippen LogP contribution in [0.3, 0.4) is 0 Å². The molecule has 0 bridgehead atoms. The van der Waals surface area contributed by atoms with Crippen LogP contribution < -0.4 is 10.2 Å². The largest absolute Gasteiger partial charge is 0.394 e. The molecule has 14 nitrogen and oxygen atoms in total. The van der Waals surface area contributed by atoms with Gasteiger partial charge in [0, 0.05) is 31.8 Å². The van der Waals surface area contributed by atoms with Gasteiger partial charge < -0.3 is 24.8 Å². The quantitative estimate of drug-likeness (QED) is 0.189. The van der Waals surface area contributed by atoms with Crippen LogP contribution in [-0.2, 0) is 14.3 Å². The van der Waals surface area contributed by atoms with Crippen molar-refractivity contribution < 1.29 is 29.2 Å². The Morgan fingerprint density at radius 1 is 1.00 bits per heavy atom. The van der Waals surface area contributed by atoms with E-state index in [0.29, 0.717) is 32.0 Å². The third-order valence-electron chi connectivity index (χ3n) is 5.12. The molecule has 0 aliphatic rings. The number of benzene rings is 2. The molecule has 1 amide bonds. The van der Waals surface area contributed by atoms with Gasteiger partial charge in [0.05, 0.1) is 53.6 Å². The predicted molar refractivity (Wildman–Crippen MR) is 140 cm³/mol. The molecule has 0 heterocycles. The summed E-state index contributed by atoms with van der Waals surface area (Å²) in [7, 11) is 0. The van der Waals surface area contributed by atoms with Gasteiger partial charge in [-0.2, -0.15) is 0 Å². The fraction of sp³-hybridized carbons (Fsp3) is 0.458. The molecule has 2 rings (SSSR count). The zero-order chi connectivity index (χ0) is 28.2. The summed E-state index contributed by atoms with van der Waals surface area (Å²) in [5.41, 5.74) is 0.0532. The molecule has 0 aliphatic carbocycles. The minimum atomic E-state index is -0.782. The van der Waals surface area contributed by atoms with Crippen molar-refractivity contribution in [3.8, 4) is 0 Å². The molecular weight excluding hydrogens is 500 g/mol. The number of anilines is 2. The van der Waals surface area contributed by atoms with Gasteiger partial charge in [-0.3, -0.25) is 25.0 Å². The number of hydrogen-bond donors (Lipinski definition) is 2. The van der Waals surface area contributed by atoms with Crippen LogP contribution in [0.2, 0.25) is 0 Å². The van der Waals surface area contributed by atoms with Crippen molar-refractivity contribution in [1.82, 2.24) is 0 Å². The number of carbonyl (C=O) groups excluding carboxylic acids is 1. The predicted octanol–water partition coefficient (Wildman–Crippen LogP) is 4.51. The number of hydrogen-bond acceptors (Lipinski definition) is 11. The Bertz CT molecular complexity index is 1160. The Morgan fingerprint density at radius 2 is 1.63 bits per heavy atom. The number of ether oxygens (including phenoxy) is 2. The molecule has 1 unspecified atom stereocenters.